The number of ether oxygens (including phenoxy) is 1. The van der Waals surface area contributed by atoms with Crippen molar-refractivity contribution in [3.05, 3.63) is 59.7 Å². The lowest BCUT2D eigenvalue weighted by molar-refractivity contribution is -0.143. The lowest BCUT2D eigenvalue weighted by Gasteiger charge is -2.09. The maximum atomic E-state index is 11.7. The summed E-state index contributed by atoms with van der Waals surface area (Å²) in [5.74, 6) is 0.0857. The van der Waals surface area contributed by atoms with E-state index in [1.807, 2.05) is 43.3 Å². The number of carbonyl (C=O) groups is 1. The van der Waals surface area contributed by atoms with Gasteiger partial charge < -0.3 is 4.74 Å². The fourth-order valence-electron chi connectivity index (χ4n) is 1.94. The molecule has 1 aromatic carbocycles. The molecule has 1 atom stereocenters. The van der Waals surface area contributed by atoms with Gasteiger partial charge >= 0.3 is 5.97 Å². The summed E-state index contributed by atoms with van der Waals surface area (Å²) in [4.78, 5) is 11.7. The van der Waals surface area contributed by atoms with Gasteiger partial charge in [-0.15, -0.1) is 0 Å². The molecule has 1 aromatic rings. The molecule has 0 bridgehead atoms. The molecule has 0 saturated carbocycles. The minimum absolute atomic E-state index is 0.164. The predicted octanol–water partition coefficient (Wildman–Crippen LogP) is 4.32. The summed E-state index contributed by atoms with van der Waals surface area (Å²) < 4.78 is 5.31. The van der Waals surface area contributed by atoms with Gasteiger partial charge in [0.15, 0.2) is 0 Å². The summed E-state index contributed by atoms with van der Waals surface area (Å²) in [6.07, 6.45) is 7.63. The van der Waals surface area contributed by atoms with Crippen molar-refractivity contribution in [1.29, 1.82) is 0 Å². The van der Waals surface area contributed by atoms with Crippen LogP contribution in [0.3, 0.4) is 0 Å². The fourth-order valence-corrected chi connectivity index (χ4v) is 1.94. The van der Waals surface area contributed by atoms with Crippen LogP contribution in [-0.2, 0) is 16.0 Å². The minimum atomic E-state index is -0.164. The van der Waals surface area contributed by atoms with Crippen molar-refractivity contribution in [1.82, 2.24) is 0 Å². The minimum Gasteiger partial charge on any atom is -0.465 e. The van der Waals surface area contributed by atoms with Gasteiger partial charge in [0.2, 0.25) is 0 Å². The normalized spacial score (nSPS) is 13.4. The van der Waals surface area contributed by atoms with Gasteiger partial charge in [-0.1, -0.05) is 61.1 Å². The Morgan fingerprint density at radius 2 is 2.00 bits per heavy atom. The molecule has 0 amide bonds. The van der Waals surface area contributed by atoms with Gasteiger partial charge in [0.05, 0.1) is 13.0 Å². The monoisotopic (exact) mass is 272 g/mol. The van der Waals surface area contributed by atoms with E-state index in [9.17, 15) is 4.79 Å². The van der Waals surface area contributed by atoms with Crippen molar-refractivity contribution in [2.75, 3.05) is 6.61 Å². The molecule has 108 valence electrons. The van der Waals surface area contributed by atoms with Crippen LogP contribution in [0.25, 0.3) is 0 Å². The average molecular weight is 272 g/mol. The Hall–Kier alpha value is -1.83. The third-order valence-electron chi connectivity index (χ3n) is 2.94. The van der Waals surface area contributed by atoms with Crippen molar-refractivity contribution in [3.8, 4) is 0 Å². The Morgan fingerprint density at radius 1 is 1.30 bits per heavy atom. The Balaban J connectivity index is 2.33. The maximum Gasteiger partial charge on any atom is 0.310 e. The van der Waals surface area contributed by atoms with Crippen molar-refractivity contribution in [3.63, 3.8) is 0 Å². The highest BCUT2D eigenvalue weighted by Gasteiger charge is 2.06. The van der Waals surface area contributed by atoms with E-state index in [1.165, 1.54) is 5.57 Å². The molecule has 0 fully saturated rings. The second-order valence-corrected chi connectivity index (χ2v) is 5.11. The van der Waals surface area contributed by atoms with E-state index in [-0.39, 0.29) is 11.9 Å². The largest absolute Gasteiger partial charge is 0.465 e. The van der Waals surface area contributed by atoms with E-state index in [0.29, 0.717) is 13.0 Å². The number of carbonyl (C=O) groups excluding carboxylic acids is 1. The van der Waals surface area contributed by atoms with Crippen LogP contribution < -0.4 is 0 Å². The molecule has 0 radical (unpaired) electrons. The van der Waals surface area contributed by atoms with Crippen molar-refractivity contribution >= 4 is 5.97 Å². The van der Waals surface area contributed by atoms with Gasteiger partial charge in [-0.2, -0.15) is 0 Å². The number of benzene rings is 1. The van der Waals surface area contributed by atoms with E-state index in [2.05, 4.69) is 26.0 Å². The van der Waals surface area contributed by atoms with Gasteiger partial charge in [0.25, 0.3) is 0 Å². The topological polar surface area (TPSA) is 26.3 Å². The molecule has 0 N–H and O–H groups in total. The Labute approximate surface area is 122 Å². The second kappa shape index (κ2) is 9.13. The third-order valence-corrected chi connectivity index (χ3v) is 2.94. The van der Waals surface area contributed by atoms with Gasteiger partial charge in [0.1, 0.15) is 0 Å². The number of hydrogen-bond donors (Lipinski definition) is 0. The molecule has 1 unspecified atom stereocenters. The van der Waals surface area contributed by atoms with Crippen LogP contribution in [0.1, 0.15) is 32.8 Å². The third kappa shape index (κ3) is 6.93. The number of esters is 1. The maximum absolute atomic E-state index is 11.7. The first kappa shape index (κ1) is 16.2. The Kier molecular flexibility index (Phi) is 7.41. The summed E-state index contributed by atoms with van der Waals surface area (Å²) in [6.45, 7) is 6.62. The van der Waals surface area contributed by atoms with E-state index in [1.54, 1.807) is 0 Å². The summed E-state index contributed by atoms with van der Waals surface area (Å²) >= 11 is 0. The molecule has 2 heteroatoms. The molecule has 20 heavy (non-hydrogen) atoms. The molecule has 0 aliphatic rings. The predicted molar refractivity (Wildman–Crippen MR) is 83.5 cm³/mol. The summed E-state index contributed by atoms with van der Waals surface area (Å²) in [6, 6.07) is 9.67. The first-order chi connectivity index (χ1) is 9.61. The lowest BCUT2D eigenvalue weighted by atomic mass is 10.1. The molecule has 0 aromatic heterocycles. The van der Waals surface area contributed by atoms with Crippen molar-refractivity contribution in [2.45, 2.75) is 33.6 Å². The molecule has 0 spiro atoms. The number of hydrogen-bond acceptors (Lipinski definition) is 2. The van der Waals surface area contributed by atoms with Gasteiger partial charge in [-0.25, -0.2) is 0 Å². The van der Waals surface area contributed by atoms with Crippen molar-refractivity contribution in [2.24, 2.45) is 5.92 Å². The van der Waals surface area contributed by atoms with Crippen LogP contribution in [0.2, 0.25) is 0 Å². The Bertz CT molecular complexity index is 458. The Morgan fingerprint density at radius 3 is 2.65 bits per heavy atom. The highest BCUT2D eigenvalue weighted by atomic mass is 16.5. The molecule has 1 rings (SSSR count). The van der Waals surface area contributed by atoms with Crippen LogP contribution in [0.15, 0.2) is 54.1 Å². The van der Waals surface area contributed by atoms with Crippen LogP contribution in [0.5, 0.6) is 0 Å². The van der Waals surface area contributed by atoms with Crippen LogP contribution in [0, 0.1) is 5.92 Å². The number of rotatable bonds is 7. The first-order valence-corrected chi connectivity index (χ1v) is 7.09. The molecule has 0 heterocycles. The SMILES string of the molecule is C/C=C/C/C(C)=C/C(C)COC(=O)Cc1ccccc1. The second-order valence-electron chi connectivity index (χ2n) is 5.11. The number of allylic oxidation sites excluding steroid dienone is 3. The zero-order valence-electron chi connectivity index (χ0n) is 12.6. The first-order valence-electron chi connectivity index (χ1n) is 7.09. The van der Waals surface area contributed by atoms with Gasteiger partial charge in [0, 0.05) is 5.92 Å². The summed E-state index contributed by atoms with van der Waals surface area (Å²) in [5.41, 5.74) is 2.29. The molecule has 0 aliphatic carbocycles. The molecule has 0 saturated heterocycles. The highest BCUT2D eigenvalue weighted by Crippen LogP contribution is 2.09. The quantitative estimate of drug-likeness (QED) is 0.546. The van der Waals surface area contributed by atoms with Crippen LogP contribution in [-0.4, -0.2) is 12.6 Å². The van der Waals surface area contributed by atoms with Gasteiger partial charge in [-0.05, 0) is 25.8 Å². The smallest absolute Gasteiger partial charge is 0.310 e. The molecular weight excluding hydrogens is 248 g/mol. The molecular formula is C18H24O2. The molecule has 0 aliphatic heterocycles. The van der Waals surface area contributed by atoms with E-state index >= 15 is 0 Å². The van der Waals surface area contributed by atoms with Crippen molar-refractivity contribution < 1.29 is 9.53 Å². The summed E-state index contributed by atoms with van der Waals surface area (Å²) in [7, 11) is 0. The van der Waals surface area contributed by atoms with Crippen LogP contribution >= 0.6 is 0 Å². The van der Waals surface area contributed by atoms with Gasteiger partial charge in [-0.3, -0.25) is 4.79 Å². The molecule has 2 nitrogen and oxygen atoms in total. The standard InChI is InChI=1S/C18H24O2/c1-4-5-9-15(2)12-16(3)14-20-18(19)13-17-10-7-6-8-11-17/h4-8,10-12,16H,9,13-14H2,1-3H3/b5-4+,15-12+. The van der Waals surface area contributed by atoms with E-state index in [0.717, 1.165) is 12.0 Å². The fraction of sp³-hybridized carbons (Fsp3) is 0.389. The zero-order chi connectivity index (χ0) is 14.8. The average Bonchev–Trinajstić information content (AvgIpc) is 2.44. The zero-order valence-corrected chi connectivity index (χ0v) is 12.6. The highest BCUT2D eigenvalue weighted by molar-refractivity contribution is 5.72. The summed E-state index contributed by atoms with van der Waals surface area (Å²) in [5, 5.41) is 0. The van der Waals surface area contributed by atoms with E-state index < -0.39 is 0 Å². The lowest BCUT2D eigenvalue weighted by Crippen LogP contribution is -2.13. The van der Waals surface area contributed by atoms with Crippen LogP contribution in [0.4, 0.5) is 0 Å². The van der Waals surface area contributed by atoms with E-state index in [4.69, 9.17) is 4.74 Å².